The summed E-state index contributed by atoms with van der Waals surface area (Å²) in [6.45, 7) is 8.52. The molecule has 1 aromatic rings. The zero-order valence-electron chi connectivity index (χ0n) is 11.4. The highest BCUT2D eigenvalue weighted by atomic mass is 32.2. The van der Waals surface area contributed by atoms with E-state index in [1.54, 1.807) is 11.8 Å². The second-order valence-corrected chi connectivity index (χ2v) is 6.04. The van der Waals surface area contributed by atoms with E-state index in [0.717, 1.165) is 23.2 Å². The van der Waals surface area contributed by atoms with Crippen LogP contribution >= 0.6 is 11.8 Å². The molecule has 1 aromatic heterocycles. The molecule has 0 bridgehead atoms. The molecule has 1 N–H and O–H groups in total. The molecule has 0 atom stereocenters. The van der Waals surface area contributed by atoms with Crippen molar-refractivity contribution in [2.45, 2.75) is 51.1 Å². The van der Waals surface area contributed by atoms with Gasteiger partial charge in [0, 0.05) is 17.6 Å². The van der Waals surface area contributed by atoms with Crippen molar-refractivity contribution in [3.05, 3.63) is 5.82 Å². The van der Waals surface area contributed by atoms with Crippen molar-refractivity contribution in [3.8, 4) is 0 Å². The molecule has 0 fully saturated rings. The van der Waals surface area contributed by atoms with Gasteiger partial charge in [-0.05, 0) is 13.3 Å². The fraction of sp³-hybridized carbons (Fsp3) is 0.750. The lowest BCUT2D eigenvalue weighted by Gasteiger charge is -2.12. The summed E-state index contributed by atoms with van der Waals surface area (Å²) in [5.41, 5.74) is -0.0171. The Morgan fingerprint density at radius 1 is 1.44 bits per heavy atom. The smallest absolute Gasteiger partial charge is 0.305 e. The molecule has 0 unspecified atom stereocenters. The van der Waals surface area contributed by atoms with Crippen LogP contribution in [0, 0.1) is 0 Å². The highest BCUT2D eigenvalue weighted by Gasteiger charge is 2.18. The van der Waals surface area contributed by atoms with E-state index in [9.17, 15) is 4.79 Å². The van der Waals surface area contributed by atoms with E-state index >= 15 is 0 Å². The van der Waals surface area contributed by atoms with Crippen LogP contribution in [-0.4, -0.2) is 33.5 Å². The molecule has 5 nitrogen and oxygen atoms in total. The lowest BCUT2D eigenvalue weighted by atomic mass is 9.96. The fourth-order valence-corrected chi connectivity index (χ4v) is 2.00. The first-order valence-electron chi connectivity index (χ1n) is 6.14. The second kappa shape index (κ2) is 6.78. The third kappa shape index (κ3) is 5.08. The molecule has 0 spiro atoms. The monoisotopic (exact) mass is 271 g/mol. The maximum absolute atomic E-state index is 11.1. The summed E-state index contributed by atoms with van der Waals surface area (Å²) in [4.78, 5) is 15.5. The lowest BCUT2D eigenvalue weighted by Crippen LogP contribution is -2.13. The highest BCUT2D eigenvalue weighted by molar-refractivity contribution is 7.99. The minimum atomic E-state index is -0.136. The van der Waals surface area contributed by atoms with Gasteiger partial charge in [-0.3, -0.25) is 9.89 Å². The third-order valence-corrected chi connectivity index (χ3v) is 3.17. The summed E-state index contributed by atoms with van der Waals surface area (Å²) in [6, 6.07) is 0. The summed E-state index contributed by atoms with van der Waals surface area (Å²) < 4.78 is 4.86. The molecule has 18 heavy (non-hydrogen) atoms. The minimum Gasteiger partial charge on any atom is -0.466 e. The largest absolute Gasteiger partial charge is 0.466 e. The Kier molecular flexibility index (Phi) is 5.65. The van der Waals surface area contributed by atoms with Crippen molar-refractivity contribution in [2.75, 3.05) is 12.4 Å². The average molecular weight is 271 g/mol. The number of thioether (sulfide) groups is 1. The molecular weight excluding hydrogens is 250 g/mol. The summed E-state index contributed by atoms with van der Waals surface area (Å²) >= 11 is 1.56. The van der Waals surface area contributed by atoms with Crippen LogP contribution in [0.4, 0.5) is 0 Å². The van der Waals surface area contributed by atoms with Gasteiger partial charge < -0.3 is 4.74 Å². The van der Waals surface area contributed by atoms with Gasteiger partial charge in [0.2, 0.25) is 5.16 Å². The van der Waals surface area contributed by atoms with Crippen LogP contribution in [0.1, 0.15) is 46.4 Å². The zero-order valence-corrected chi connectivity index (χ0v) is 12.3. The van der Waals surface area contributed by atoms with Gasteiger partial charge in [-0.25, -0.2) is 4.98 Å². The molecule has 0 amide bonds. The molecule has 6 heteroatoms. The van der Waals surface area contributed by atoms with Crippen molar-refractivity contribution in [1.82, 2.24) is 15.2 Å². The zero-order chi connectivity index (χ0) is 13.6. The molecule has 0 saturated heterocycles. The number of H-pyrrole nitrogens is 1. The van der Waals surface area contributed by atoms with Gasteiger partial charge in [-0.15, -0.1) is 5.10 Å². The molecule has 0 aliphatic rings. The number of esters is 1. The third-order valence-electron chi connectivity index (χ3n) is 2.24. The van der Waals surface area contributed by atoms with Crippen LogP contribution in [0.25, 0.3) is 0 Å². The fourth-order valence-electron chi connectivity index (χ4n) is 1.26. The molecule has 0 radical (unpaired) electrons. The number of hydrogen-bond donors (Lipinski definition) is 1. The summed E-state index contributed by atoms with van der Waals surface area (Å²) in [7, 11) is 0. The Balaban J connectivity index is 2.28. The van der Waals surface area contributed by atoms with Crippen molar-refractivity contribution < 1.29 is 9.53 Å². The number of nitrogens with one attached hydrogen (secondary N) is 1. The Morgan fingerprint density at radius 3 is 2.72 bits per heavy atom. The Bertz CT molecular complexity index is 385. The van der Waals surface area contributed by atoms with Crippen molar-refractivity contribution in [1.29, 1.82) is 0 Å². The van der Waals surface area contributed by atoms with Gasteiger partial charge in [-0.2, -0.15) is 0 Å². The number of ether oxygens (including phenoxy) is 1. The molecule has 0 aliphatic carbocycles. The number of aromatic nitrogens is 3. The number of aromatic amines is 1. The molecule has 0 saturated carbocycles. The van der Waals surface area contributed by atoms with Crippen LogP contribution in [0.5, 0.6) is 0 Å². The Labute approximate surface area is 112 Å². The number of nitrogens with zero attached hydrogens (tertiary/aromatic N) is 2. The minimum absolute atomic E-state index is 0.0171. The predicted octanol–water partition coefficient (Wildman–Crippen LogP) is 2.54. The number of hydrogen-bond acceptors (Lipinski definition) is 5. The van der Waals surface area contributed by atoms with Crippen molar-refractivity contribution in [2.24, 2.45) is 0 Å². The van der Waals surface area contributed by atoms with E-state index < -0.39 is 0 Å². The van der Waals surface area contributed by atoms with E-state index in [1.807, 2.05) is 6.92 Å². The molecule has 1 heterocycles. The van der Waals surface area contributed by atoms with E-state index in [2.05, 4.69) is 36.0 Å². The van der Waals surface area contributed by atoms with E-state index in [0.29, 0.717) is 13.0 Å². The molecule has 102 valence electrons. The van der Waals surface area contributed by atoms with Gasteiger partial charge in [0.05, 0.1) is 6.61 Å². The van der Waals surface area contributed by atoms with Crippen LogP contribution in [-0.2, 0) is 14.9 Å². The maximum atomic E-state index is 11.1. The number of rotatable bonds is 6. The number of carbonyl (C=O) groups excluding carboxylic acids is 1. The van der Waals surface area contributed by atoms with Gasteiger partial charge >= 0.3 is 5.97 Å². The van der Waals surface area contributed by atoms with Crippen molar-refractivity contribution >= 4 is 17.7 Å². The van der Waals surface area contributed by atoms with E-state index in [1.165, 1.54) is 0 Å². The SMILES string of the molecule is CCOC(=O)CCCSc1n[nH]c(C(C)(C)C)n1. The average Bonchev–Trinajstić information content (AvgIpc) is 2.73. The van der Waals surface area contributed by atoms with Crippen molar-refractivity contribution in [3.63, 3.8) is 0 Å². The summed E-state index contributed by atoms with van der Waals surface area (Å²) in [6.07, 6.45) is 1.24. The quantitative estimate of drug-likeness (QED) is 0.489. The van der Waals surface area contributed by atoms with Gasteiger partial charge in [0.15, 0.2) is 0 Å². The maximum Gasteiger partial charge on any atom is 0.305 e. The summed E-state index contributed by atoms with van der Waals surface area (Å²) in [5.74, 6) is 1.57. The van der Waals surface area contributed by atoms with E-state index in [-0.39, 0.29) is 11.4 Å². The van der Waals surface area contributed by atoms with Gasteiger partial charge in [0.25, 0.3) is 0 Å². The second-order valence-electron chi connectivity index (χ2n) is 4.97. The molecular formula is C12H21N3O2S. The van der Waals surface area contributed by atoms with Crippen LogP contribution in [0.2, 0.25) is 0 Å². The Hall–Kier alpha value is -1.04. The van der Waals surface area contributed by atoms with Gasteiger partial charge in [0.1, 0.15) is 5.82 Å². The van der Waals surface area contributed by atoms with Gasteiger partial charge in [-0.1, -0.05) is 32.5 Å². The highest BCUT2D eigenvalue weighted by Crippen LogP contribution is 2.21. The molecule has 0 aromatic carbocycles. The van der Waals surface area contributed by atoms with E-state index in [4.69, 9.17) is 4.74 Å². The predicted molar refractivity (Wildman–Crippen MR) is 71.7 cm³/mol. The normalized spacial score (nSPS) is 11.6. The number of carbonyl (C=O) groups is 1. The first kappa shape index (κ1) is 15.0. The first-order chi connectivity index (χ1) is 8.43. The molecule has 0 aliphatic heterocycles. The lowest BCUT2D eigenvalue weighted by molar-refractivity contribution is -0.143. The first-order valence-corrected chi connectivity index (χ1v) is 7.13. The summed E-state index contributed by atoms with van der Waals surface area (Å²) in [5, 5.41) is 7.83. The standard InChI is InChI=1S/C12H21N3O2S/c1-5-17-9(16)7-6-8-18-11-13-10(14-15-11)12(2,3)4/h5-8H2,1-4H3,(H,13,14,15). The van der Waals surface area contributed by atoms with Crippen LogP contribution < -0.4 is 0 Å². The van der Waals surface area contributed by atoms with Crippen LogP contribution in [0.3, 0.4) is 0 Å². The Morgan fingerprint density at radius 2 is 2.17 bits per heavy atom. The topological polar surface area (TPSA) is 67.9 Å². The van der Waals surface area contributed by atoms with Crippen LogP contribution in [0.15, 0.2) is 5.16 Å². The molecule has 1 rings (SSSR count).